The van der Waals surface area contributed by atoms with E-state index in [0.717, 1.165) is 5.56 Å². The van der Waals surface area contributed by atoms with Crippen LogP contribution in [0.1, 0.15) is 15.9 Å². The second-order valence-corrected chi connectivity index (χ2v) is 6.87. The van der Waals surface area contributed by atoms with Crippen LogP contribution in [0.4, 0.5) is 0 Å². The molecule has 0 radical (unpaired) electrons. The number of carbonyl (C=O) groups is 2. The van der Waals surface area contributed by atoms with E-state index in [2.05, 4.69) is 9.97 Å². The van der Waals surface area contributed by atoms with Gasteiger partial charge in [0.05, 0.1) is 17.5 Å². The molecule has 1 saturated heterocycles. The van der Waals surface area contributed by atoms with Crippen molar-refractivity contribution in [3.8, 4) is 0 Å². The van der Waals surface area contributed by atoms with E-state index < -0.39 is 0 Å². The summed E-state index contributed by atoms with van der Waals surface area (Å²) in [6, 6.07) is 7.06. The summed E-state index contributed by atoms with van der Waals surface area (Å²) in [6.07, 6.45) is 4.25. The molecule has 27 heavy (non-hydrogen) atoms. The van der Waals surface area contributed by atoms with Crippen LogP contribution in [0.15, 0.2) is 41.5 Å². The van der Waals surface area contributed by atoms with Crippen molar-refractivity contribution < 1.29 is 9.59 Å². The molecule has 3 aromatic rings. The van der Waals surface area contributed by atoms with Gasteiger partial charge in [-0.05, 0) is 29.8 Å². The van der Waals surface area contributed by atoms with Crippen LogP contribution in [0.3, 0.4) is 0 Å². The number of aromatic nitrogens is 3. The first-order valence-electron chi connectivity index (χ1n) is 8.89. The summed E-state index contributed by atoms with van der Waals surface area (Å²) in [4.78, 5) is 45.4. The molecule has 4 rings (SSSR count). The Morgan fingerprint density at radius 3 is 2.41 bits per heavy atom. The number of aryl methyl sites for hydroxylation is 1. The molecule has 1 aromatic carbocycles. The lowest BCUT2D eigenvalue weighted by atomic mass is 10.1. The molecule has 0 unspecified atom stereocenters. The van der Waals surface area contributed by atoms with Gasteiger partial charge in [-0.2, -0.15) is 0 Å². The number of carbonyl (C=O) groups excluding carboxylic acids is 2. The Morgan fingerprint density at radius 1 is 1.00 bits per heavy atom. The van der Waals surface area contributed by atoms with Gasteiger partial charge in [0.1, 0.15) is 0 Å². The van der Waals surface area contributed by atoms with E-state index in [1.165, 1.54) is 0 Å². The Labute approximate surface area is 155 Å². The number of hydrogen-bond acceptors (Lipinski definition) is 3. The highest BCUT2D eigenvalue weighted by molar-refractivity contribution is 5.97. The summed E-state index contributed by atoms with van der Waals surface area (Å²) >= 11 is 0. The van der Waals surface area contributed by atoms with E-state index in [1.54, 1.807) is 23.1 Å². The van der Waals surface area contributed by atoms with Crippen molar-refractivity contribution in [2.75, 3.05) is 26.2 Å². The number of hydrogen-bond donors (Lipinski definition) is 2. The Morgan fingerprint density at radius 2 is 1.70 bits per heavy atom. The predicted molar refractivity (Wildman–Crippen MR) is 101 cm³/mol. The summed E-state index contributed by atoms with van der Waals surface area (Å²) in [5.74, 6) is -0.00581. The third-order valence-electron chi connectivity index (χ3n) is 4.93. The van der Waals surface area contributed by atoms with E-state index in [1.807, 2.05) is 35.0 Å². The van der Waals surface area contributed by atoms with Gasteiger partial charge in [-0.3, -0.25) is 9.59 Å². The fraction of sp³-hybridized carbons (Fsp3) is 0.316. The topological polar surface area (TPSA) is 94.2 Å². The largest absolute Gasteiger partial charge is 0.357 e. The van der Waals surface area contributed by atoms with E-state index in [9.17, 15) is 14.4 Å². The van der Waals surface area contributed by atoms with E-state index in [0.29, 0.717) is 49.2 Å². The molecule has 2 aromatic heterocycles. The van der Waals surface area contributed by atoms with Crippen LogP contribution in [0.2, 0.25) is 0 Å². The minimum atomic E-state index is -0.292. The molecule has 8 nitrogen and oxygen atoms in total. The number of piperazine rings is 1. The van der Waals surface area contributed by atoms with Crippen molar-refractivity contribution in [1.29, 1.82) is 0 Å². The van der Waals surface area contributed by atoms with E-state index >= 15 is 0 Å². The first-order valence-corrected chi connectivity index (χ1v) is 8.89. The van der Waals surface area contributed by atoms with Crippen LogP contribution in [-0.4, -0.2) is 62.3 Å². The molecule has 1 aliphatic rings. The molecule has 8 heteroatoms. The lowest BCUT2D eigenvalue weighted by molar-refractivity contribution is -0.131. The molecular weight excluding hydrogens is 346 g/mol. The summed E-state index contributed by atoms with van der Waals surface area (Å²) in [7, 11) is 1.93. The minimum Gasteiger partial charge on any atom is -0.357 e. The maximum absolute atomic E-state index is 12.7. The predicted octanol–water partition coefficient (Wildman–Crippen LogP) is 0.722. The highest BCUT2D eigenvalue weighted by Gasteiger charge is 2.25. The van der Waals surface area contributed by atoms with Crippen LogP contribution < -0.4 is 5.69 Å². The second kappa shape index (κ2) is 6.79. The smallest absolute Gasteiger partial charge is 0.323 e. The molecule has 0 saturated carbocycles. The van der Waals surface area contributed by atoms with Gasteiger partial charge in [0.15, 0.2) is 0 Å². The maximum atomic E-state index is 12.7. The average molecular weight is 367 g/mol. The zero-order chi connectivity index (χ0) is 19.0. The Kier molecular flexibility index (Phi) is 4.31. The van der Waals surface area contributed by atoms with Crippen LogP contribution >= 0.6 is 0 Å². The maximum Gasteiger partial charge on any atom is 0.323 e. The number of nitrogens with one attached hydrogen (secondary N) is 2. The first kappa shape index (κ1) is 17.1. The SMILES string of the molecule is Cn1ccc(CC(=O)N2CCN(C(=O)c3ccc4[nH]c(=O)[nH]c4c3)CC2)c1. The van der Waals surface area contributed by atoms with Crippen molar-refractivity contribution in [3.63, 3.8) is 0 Å². The number of aromatic amines is 2. The van der Waals surface area contributed by atoms with Crippen LogP contribution in [-0.2, 0) is 18.3 Å². The zero-order valence-corrected chi connectivity index (χ0v) is 15.1. The van der Waals surface area contributed by atoms with Gasteiger partial charge in [-0.1, -0.05) is 0 Å². The molecule has 1 fully saturated rings. The molecule has 2 N–H and O–H groups in total. The number of H-pyrrole nitrogens is 2. The fourth-order valence-corrected chi connectivity index (χ4v) is 3.46. The molecule has 0 atom stereocenters. The van der Waals surface area contributed by atoms with Gasteiger partial charge >= 0.3 is 5.69 Å². The van der Waals surface area contributed by atoms with Gasteiger partial charge in [0.2, 0.25) is 5.91 Å². The molecule has 0 spiro atoms. The van der Waals surface area contributed by atoms with Crippen LogP contribution in [0.25, 0.3) is 11.0 Å². The summed E-state index contributed by atoms with van der Waals surface area (Å²) in [5, 5.41) is 0. The quantitative estimate of drug-likeness (QED) is 0.714. The van der Waals surface area contributed by atoms with Crippen LogP contribution in [0.5, 0.6) is 0 Å². The van der Waals surface area contributed by atoms with Crippen molar-refractivity contribution >= 4 is 22.8 Å². The van der Waals surface area contributed by atoms with E-state index in [4.69, 9.17) is 0 Å². The Hall–Kier alpha value is -3.29. The standard InChI is InChI=1S/C19H21N5O3/c1-22-5-4-13(12-22)10-17(25)23-6-8-24(9-7-23)18(26)14-2-3-15-16(11-14)21-19(27)20-15/h2-5,11-12H,6-10H2,1H3,(H2,20,21,27). The third-order valence-corrected chi connectivity index (χ3v) is 4.93. The zero-order valence-electron chi connectivity index (χ0n) is 15.1. The number of rotatable bonds is 3. The summed E-state index contributed by atoms with van der Waals surface area (Å²) in [6.45, 7) is 2.06. The van der Waals surface area contributed by atoms with Crippen LogP contribution in [0, 0.1) is 0 Å². The second-order valence-electron chi connectivity index (χ2n) is 6.87. The first-order chi connectivity index (χ1) is 13.0. The molecule has 0 bridgehead atoms. The lowest BCUT2D eigenvalue weighted by Gasteiger charge is -2.34. The highest BCUT2D eigenvalue weighted by atomic mass is 16.2. The summed E-state index contributed by atoms with van der Waals surface area (Å²) < 4.78 is 1.92. The van der Waals surface area contributed by atoms with Crippen molar-refractivity contribution in [3.05, 3.63) is 58.3 Å². The Balaban J connectivity index is 1.38. The molecular formula is C19H21N5O3. The third kappa shape index (κ3) is 3.51. The monoisotopic (exact) mass is 367 g/mol. The number of amides is 2. The van der Waals surface area contributed by atoms with Crippen molar-refractivity contribution in [2.24, 2.45) is 7.05 Å². The number of fused-ring (bicyclic) bond motifs is 1. The normalized spacial score (nSPS) is 14.7. The lowest BCUT2D eigenvalue weighted by Crippen LogP contribution is -2.51. The highest BCUT2D eigenvalue weighted by Crippen LogP contribution is 2.14. The van der Waals surface area contributed by atoms with Gasteiger partial charge in [0, 0.05) is 51.2 Å². The Bertz CT molecular complexity index is 1050. The van der Waals surface area contributed by atoms with E-state index in [-0.39, 0.29) is 17.5 Å². The molecule has 140 valence electrons. The minimum absolute atomic E-state index is 0.0830. The molecule has 1 aliphatic heterocycles. The summed E-state index contributed by atoms with van der Waals surface area (Å²) in [5.41, 5.74) is 2.52. The van der Waals surface area contributed by atoms with Crippen molar-refractivity contribution in [2.45, 2.75) is 6.42 Å². The van der Waals surface area contributed by atoms with Gasteiger partial charge in [-0.25, -0.2) is 4.79 Å². The molecule has 3 heterocycles. The molecule has 0 aliphatic carbocycles. The number of imidazole rings is 1. The number of nitrogens with zero attached hydrogens (tertiary/aromatic N) is 3. The fourth-order valence-electron chi connectivity index (χ4n) is 3.46. The average Bonchev–Trinajstić information content (AvgIpc) is 3.24. The van der Waals surface area contributed by atoms with Crippen molar-refractivity contribution in [1.82, 2.24) is 24.3 Å². The molecule has 2 amide bonds. The van der Waals surface area contributed by atoms with Gasteiger partial charge in [-0.15, -0.1) is 0 Å². The van der Waals surface area contributed by atoms with Gasteiger partial charge in [0.25, 0.3) is 5.91 Å². The number of benzene rings is 1. The van der Waals surface area contributed by atoms with Gasteiger partial charge < -0.3 is 24.3 Å².